The second kappa shape index (κ2) is 10.2. The van der Waals surface area contributed by atoms with Gasteiger partial charge < -0.3 is 34.2 Å². The summed E-state index contributed by atoms with van der Waals surface area (Å²) in [5, 5.41) is 5.82. The van der Waals surface area contributed by atoms with E-state index in [2.05, 4.69) is 10.6 Å². The summed E-state index contributed by atoms with van der Waals surface area (Å²) >= 11 is 0. The predicted octanol–water partition coefficient (Wildman–Crippen LogP) is 3.87. The number of urea groups is 1. The SMILES string of the molecule is COc1ccccc1NC(=O)N1CCc2cc(OC)c(OC)cc2[C@H]1CNC(=O)c1ccco1. The Labute approximate surface area is 197 Å². The highest BCUT2D eigenvalue weighted by Gasteiger charge is 2.33. The Balaban J connectivity index is 1.64. The van der Waals surface area contributed by atoms with Gasteiger partial charge in [-0.25, -0.2) is 4.79 Å². The molecule has 4 rings (SSSR count). The zero-order valence-electron chi connectivity index (χ0n) is 19.3. The molecule has 2 N–H and O–H groups in total. The lowest BCUT2D eigenvalue weighted by molar-refractivity contribution is 0.0909. The Kier molecular flexibility index (Phi) is 6.91. The molecule has 1 aromatic heterocycles. The monoisotopic (exact) mass is 465 g/mol. The molecule has 1 aliphatic rings. The maximum atomic E-state index is 13.4. The first kappa shape index (κ1) is 23.0. The first-order valence-electron chi connectivity index (χ1n) is 10.8. The molecule has 2 heterocycles. The molecule has 0 saturated carbocycles. The van der Waals surface area contributed by atoms with E-state index in [1.54, 1.807) is 50.5 Å². The molecule has 34 heavy (non-hydrogen) atoms. The zero-order chi connectivity index (χ0) is 24.1. The molecule has 3 aromatic rings. The molecule has 0 aliphatic carbocycles. The highest BCUT2D eigenvalue weighted by molar-refractivity contribution is 5.92. The number of rotatable bonds is 7. The first-order valence-corrected chi connectivity index (χ1v) is 10.8. The van der Waals surface area contributed by atoms with E-state index in [-0.39, 0.29) is 24.2 Å². The van der Waals surface area contributed by atoms with Crippen LogP contribution >= 0.6 is 0 Å². The maximum absolute atomic E-state index is 13.4. The van der Waals surface area contributed by atoms with E-state index in [0.29, 0.717) is 35.9 Å². The molecular formula is C25H27N3O6. The van der Waals surface area contributed by atoms with Crippen LogP contribution in [0.1, 0.15) is 27.7 Å². The van der Waals surface area contributed by atoms with Crippen molar-refractivity contribution in [2.24, 2.45) is 0 Å². The van der Waals surface area contributed by atoms with Crippen LogP contribution in [0.15, 0.2) is 59.2 Å². The molecule has 3 amide bonds. The molecular weight excluding hydrogens is 438 g/mol. The largest absolute Gasteiger partial charge is 0.495 e. The van der Waals surface area contributed by atoms with Crippen LogP contribution in [0.2, 0.25) is 0 Å². The summed E-state index contributed by atoms with van der Waals surface area (Å²) in [5.74, 6) is 1.57. The number of carbonyl (C=O) groups is 2. The highest BCUT2D eigenvalue weighted by atomic mass is 16.5. The molecule has 2 aromatic carbocycles. The van der Waals surface area contributed by atoms with Crippen molar-refractivity contribution in [2.45, 2.75) is 12.5 Å². The third-order valence-electron chi connectivity index (χ3n) is 5.81. The molecule has 0 unspecified atom stereocenters. The Morgan fingerprint density at radius 1 is 1.00 bits per heavy atom. The normalized spacial score (nSPS) is 14.7. The standard InChI is InChI=1S/C25H27N3O6/c1-31-20-8-5-4-7-18(20)27-25(30)28-11-10-16-13-22(32-2)23(33-3)14-17(16)19(28)15-26-24(29)21-9-6-12-34-21/h4-9,12-14,19H,10-11,15H2,1-3H3,(H,26,29)(H,27,30)/t19-/m1/s1. The van der Waals surface area contributed by atoms with Crippen molar-refractivity contribution >= 4 is 17.6 Å². The number of ether oxygens (including phenoxy) is 3. The van der Waals surface area contributed by atoms with Gasteiger partial charge in [0.2, 0.25) is 0 Å². The molecule has 9 heteroatoms. The van der Waals surface area contributed by atoms with Crippen molar-refractivity contribution in [1.29, 1.82) is 0 Å². The van der Waals surface area contributed by atoms with Gasteiger partial charge in [-0.3, -0.25) is 4.79 Å². The van der Waals surface area contributed by atoms with Gasteiger partial charge in [-0.2, -0.15) is 0 Å². The van der Waals surface area contributed by atoms with Crippen molar-refractivity contribution in [2.75, 3.05) is 39.7 Å². The Morgan fingerprint density at radius 2 is 1.74 bits per heavy atom. The number of amides is 3. The van der Waals surface area contributed by atoms with Crippen molar-refractivity contribution in [3.8, 4) is 17.2 Å². The second-order valence-corrected chi connectivity index (χ2v) is 7.68. The summed E-state index contributed by atoms with van der Waals surface area (Å²) in [7, 11) is 4.70. The molecule has 0 fully saturated rings. The number of methoxy groups -OCH3 is 3. The molecule has 0 bridgehead atoms. The summed E-state index contributed by atoms with van der Waals surface area (Å²) in [4.78, 5) is 27.6. The van der Waals surface area contributed by atoms with Crippen molar-refractivity contribution in [1.82, 2.24) is 10.2 Å². The molecule has 9 nitrogen and oxygen atoms in total. The van der Waals surface area contributed by atoms with Gasteiger partial charge in [-0.1, -0.05) is 12.1 Å². The number of anilines is 1. The van der Waals surface area contributed by atoms with Crippen LogP contribution < -0.4 is 24.8 Å². The molecule has 178 valence electrons. The van der Waals surface area contributed by atoms with E-state index in [1.165, 1.54) is 6.26 Å². The lowest BCUT2D eigenvalue weighted by Gasteiger charge is -2.38. The Bertz CT molecular complexity index is 1160. The fourth-order valence-corrected chi connectivity index (χ4v) is 4.11. The van der Waals surface area contributed by atoms with Gasteiger partial charge in [0.1, 0.15) is 5.75 Å². The summed E-state index contributed by atoms with van der Waals surface area (Å²) in [6, 6.07) is 13.5. The predicted molar refractivity (Wildman–Crippen MR) is 126 cm³/mol. The van der Waals surface area contributed by atoms with Crippen molar-refractivity contribution in [3.05, 3.63) is 71.7 Å². The second-order valence-electron chi connectivity index (χ2n) is 7.68. The van der Waals surface area contributed by atoms with Gasteiger partial charge in [-0.05, 0) is 53.9 Å². The number of carbonyl (C=O) groups excluding carboxylic acids is 2. The molecule has 0 radical (unpaired) electrons. The van der Waals surface area contributed by atoms with Crippen LogP contribution in [-0.4, -0.2) is 51.3 Å². The van der Waals surface area contributed by atoms with Crippen LogP contribution in [0.5, 0.6) is 17.2 Å². The maximum Gasteiger partial charge on any atom is 0.322 e. The number of furan rings is 1. The van der Waals surface area contributed by atoms with Crippen LogP contribution in [0.25, 0.3) is 0 Å². The van der Waals surface area contributed by atoms with E-state index >= 15 is 0 Å². The minimum atomic E-state index is -0.447. The van der Waals surface area contributed by atoms with Crippen molar-refractivity contribution < 1.29 is 28.2 Å². The van der Waals surface area contributed by atoms with Gasteiger partial charge in [0.15, 0.2) is 17.3 Å². The number of nitrogens with one attached hydrogen (secondary N) is 2. The number of fused-ring (bicyclic) bond motifs is 1. The molecule has 1 atom stereocenters. The molecule has 0 saturated heterocycles. The zero-order valence-corrected chi connectivity index (χ0v) is 19.3. The fourth-order valence-electron chi connectivity index (χ4n) is 4.11. The number of para-hydroxylation sites is 2. The average Bonchev–Trinajstić information content (AvgIpc) is 3.41. The minimum absolute atomic E-state index is 0.182. The fraction of sp³-hybridized carbons (Fsp3) is 0.280. The van der Waals surface area contributed by atoms with Gasteiger partial charge in [0, 0.05) is 13.1 Å². The van der Waals surface area contributed by atoms with Gasteiger partial charge in [-0.15, -0.1) is 0 Å². The van der Waals surface area contributed by atoms with E-state index < -0.39 is 6.04 Å². The Morgan fingerprint density at radius 3 is 2.44 bits per heavy atom. The van der Waals surface area contributed by atoms with E-state index in [4.69, 9.17) is 18.6 Å². The van der Waals surface area contributed by atoms with Gasteiger partial charge in [0.25, 0.3) is 5.91 Å². The number of benzene rings is 2. The highest BCUT2D eigenvalue weighted by Crippen LogP contribution is 2.38. The summed E-state index contributed by atoms with van der Waals surface area (Å²) < 4.78 is 21.5. The quantitative estimate of drug-likeness (QED) is 0.549. The molecule has 1 aliphatic heterocycles. The summed E-state index contributed by atoms with van der Waals surface area (Å²) in [6.45, 7) is 0.631. The van der Waals surface area contributed by atoms with Crippen LogP contribution in [0, 0.1) is 0 Å². The lowest BCUT2D eigenvalue weighted by Crippen LogP contribution is -2.46. The first-order chi connectivity index (χ1) is 16.5. The third-order valence-corrected chi connectivity index (χ3v) is 5.81. The van der Waals surface area contributed by atoms with E-state index in [9.17, 15) is 9.59 Å². The van der Waals surface area contributed by atoms with Crippen molar-refractivity contribution in [3.63, 3.8) is 0 Å². The average molecular weight is 466 g/mol. The summed E-state index contributed by atoms with van der Waals surface area (Å²) in [6.07, 6.45) is 2.06. The smallest absolute Gasteiger partial charge is 0.322 e. The Hall–Kier alpha value is -4.14. The lowest BCUT2D eigenvalue weighted by atomic mass is 9.91. The van der Waals surface area contributed by atoms with Crippen LogP contribution in [-0.2, 0) is 6.42 Å². The van der Waals surface area contributed by atoms with E-state index in [0.717, 1.165) is 11.1 Å². The number of hydrogen-bond donors (Lipinski definition) is 2. The van der Waals surface area contributed by atoms with Gasteiger partial charge >= 0.3 is 6.03 Å². The number of nitrogens with zero attached hydrogens (tertiary/aromatic N) is 1. The van der Waals surface area contributed by atoms with Crippen LogP contribution in [0.4, 0.5) is 10.5 Å². The van der Waals surface area contributed by atoms with E-state index in [1.807, 2.05) is 24.3 Å². The summed E-state index contributed by atoms with van der Waals surface area (Å²) in [5.41, 5.74) is 2.46. The topological polar surface area (TPSA) is 102 Å². The van der Waals surface area contributed by atoms with Gasteiger partial charge in [0.05, 0.1) is 39.3 Å². The van der Waals surface area contributed by atoms with Crippen LogP contribution in [0.3, 0.4) is 0 Å². The minimum Gasteiger partial charge on any atom is -0.495 e. The third kappa shape index (κ3) is 4.63. The molecule has 0 spiro atoms. The number of hydrogen-bond acceptors (Lipinski definition) is 6.